The molecule has 1 saturated heterocycles. The molecule has 1 heterocycles. The molecule has 2 aromatic carbocycles. The average Bonchev–Trinajstić information content (AvgIpc) is 2.68. The number of para-hydroxylation sites is 1. The summed E-state index contributed by atoms with van der Waals surface area (Å²) in [4.78, 5) is 0.875. The van der Waals surface area contributed by atoms with Crippen LogP contribution in [0, 0.1) is 5.82 Å². The third-order valence-electron chi connectivity index (χ3n) is 4.42. The number of nitrogens with zero attached hydrogens (tertiary/aromatic N) is 2. The van der Waals surface area contributed by atoms with Crippen molar-refractivity contribution in [3.63, 3.8) is 0 Å². The number of sulfonamides is 1. The third kappa shape index (κ3) is 3.87. The molecule has 1 fully saturated rings. The van der Waals surface area contributed by atoms with E-state index in [4.69, 9.17) is 0 Å². The van der Waals surface area contributed by atoms with Gasteiger partial charge in [0.1, 0.15) is 5.82 Å². The van der Waals surface area contributed by atoms with Crippen molar-refractivity contribution in [2.45, 2.75) is 15.5 Å². The van der Waals surface area contributed by atoms with Gasteiger partial charge in [-0.15, -0.1) is 0 Å². The Morgan fingerprint density at radius 1 is 0.857 bits per heavy atom. The van der Waals surface area contributed by atoms with E-state index in [9.17, 15) is 30.0 Å². The van der Waals surface area contributed by atoms with E-state index in [2.05, 4.69) is 0 Å². The zero-order valence-electron chi connectivity index (χ0n) is 14.5. The van der Waals surface area contributed by atoms with Gasteiger partial charge in [0.05, 0.1) is 15.5 Å². The zero-order valence-corrected chi connectivity index (χ0v) is 16.1. The second-order valence-corrected chi connectivity index (χ2v) is 9.95. The Morgan fingerprint density at radius 2 is 1.50 bits per heavy atom. The quantitative estimate of drug-likeness (QED) is 0.722. The van der Waals surface area contributed by atoms with E-state index >= 15 is 0 Å². The minimum absolute atomic E-state index is 0.00189. The lowest BCUT2D eigenvalue weighted by Crippen LogP contribution is -2.49. The van der Waals surface area contributed by atoms with Gasteiger partial charge >= 0.3 is 5.76 Å². The summed E-state index contributed by atoms with van der Waals surface area (Å²) in [6.07, 6.45) is 0. The van der Waals surface area contributed by atoms with Gasteiger partial charge in [-0.3, -0.25) is 0 Å². The first-order valence-electron chi connectivity index (χ1n) is 8.26. The minimum Gasteiger partial charge on any atom is -0.368 e. The van der Waals surface area contributed by atoms with Crippen LogP contribution in [0.4, 0.5) is 18.9 Å². The van der Waals surface area contributed by atoms with Crippen LogP contribution in [0.15, 0.2) is 58.3 Å². The third-order valence-corrected chi connectivity index (χ3v) is 7.74. The van der Waals surface area contributed by atoms with Gasteiger partial charge in [-0.1, -0.05) is 18.2 Å². The van der Waals surface area contributed by atoms with E-state index in [-0.39, 0.29) is 36.8 Å². The van der Waals surface area contributed by atoms with Crippen LogP contribution in [-0.4, -0.2) is 53.1 Å². The molecule has 3 rings (SSSR count). The lowest BCUT2D eigenvalue weighted by atomic mass is 10.2. The monoisotopic (exact) mass is 434 g/mol. The number of alkyl halides is 2. The second-order valence-electron chi connectivity index (χ2n) is 6.12. The van der Waals surface area contributed by atoms with Crippen LogP contribution in [0.3, 0.4) is 0 Å². The van der Waals surface area contributed by atoms with Crippen molar-refractivity contribution in [3.8, 4) is 0 Å². The Hall–Kier alpha value is -2.11. The van der Waals surface area contributed by atoms with E-state index in [1.165, 1.54) is 30.3 Å². The largest absolute Gasteiger partial charge is 0.368 e. The van der Waals surface area contributed by atoms with Gasteiger partial charge in [0, 0.05) is 26.2 Å². The normalized spacial score (nSPS) is 16.5. The number of hydrogen-bond acceptors (Lipinski definition) is 5. The highest BCUT2D eigenvalue weighted by Gasteiger charge is 2.33. The van der Waals surface area contributed by atoms with E-state index in [1.54, 1.807) is 4.90 Å². The predicted octanol–water partition coefficient (Wildman–Crippen LogP) is 2.33. The van der Waals surface area contributed by atoms with Gasteiger partial charge in [0.15, 0.2) is 0 Å². The summed E-state index contributed by atoms with van der Waals surface area (Å²) in [6, 6.07) is 10.0. The first kappa shape index (κ1) is 20.6. The highest BCUT2D eigenvalue weighted by atomic mass is 32.2. The summed E-state index contributed by atoms with van der Waals surface area (Å²) >= 11 is 0. The molecule has 0 aliphatic carbocycles. The molecule has 0 amide bonds. The molecule has 0 unspecified atom stereocenters. The summed E-state index contributed by atoms with van der Waals surface area (Å²) in [7, 11) is -8.71. The van der Waals surface area contributed by atoms with Crippen LogP contribution in [0.5, 0.6) is 0 Å². The summed E-state index contributed by atoms with van der Waals surface area (Å²) in [5.41, 5.74) is 0.102. The standard InChI is InChI=1S/C17H17F3N2O4S2/c18-13-4-3-5-14(12-13)28(25,26)22-10-8-21(9-11-22)15-6-1-2-7-16(15)27(23,24)17(19)20/h1-7,12,17H,8-11H2. The van der Waals surface area contributed by atoms with Gasteiger partial charge in [0.2, 0.25) is 19.9 Å². The minimum atomic E-state index is -4.80. The lowest BCUT2D eigenvalue weighted by Gasteiger charge is -2.36. The maximum absolute atomic E-state index is 13.4. The average molecular weight is 434 g/mol. The Balaban J connectivity index is 1.82. The second kappa shape index (κ2) is 7.72. The van der Waals surface area contributed by atoms with Crippen molar-refractivity contribution in [2.24, 2.45) is 0 Å². The fraction of sp³-hybridized carbons (Fsp3) is 0.294. The topological polar surface area (TPSA) is 74.8 Å². The van der Waals surface area contributed by atoms with E-state index in [0.717, 1.165) is 22.5 Å². The Bertz CT molecular complexity index is 1070. The summed E-state index contributed by atoms with van der Waals surface area (Å²) in [6.45, 7) is 0.207. The molecule has 0 aromatic heterocycles. The molecule has 0 atom stereocenters. The molecule has 0 bridgehead atoms. The van der Waals surface area contributed by atoms with Crippen LogP contribution >= 0.6 is 0 Å². The van der Waals surface area contributed by atoms with Crippen molar-refractivity contribution in [1.82, 2.24) is 4.31 Å². The lowest BCUT2D eigenvalue weighted by molar-refractivity contribution is 0.234. The number of rotatable bonds is 5. The Morgan fingerprint density at radius 3 is 2.11 bits per heavy atom. The molecule has 11 heteroatoms. The summed E-state index contributed by atoms with van der Waals surface area (Å²) < 4.78 is 89.6. The van der Waals surface area contributed by atoms with Crippen LogP contribution in [0.1, 0.15) is 0 Å². The van der Waals surface area contributed by atoms with Gasteiger partial charge < -0.3 is 4.90 Å². The first-order valence-corrected chi connectivity index (χ1v) is 11.2. The maximum Gasteiger partial charge on any atom is 0.341 e. The van der Waals surface area contributed by atoms with Gasteiger partial charge in [-0.25, -0.2) is 21.2 Å². The zero-order chi connectivity index (χ0) is 20.5. The smallest absolute Gasteiger partial charge is 0.341 e. The molecular weight excluding hydrogens is 417 g/mol. The van der Waals surface area contributed by atoms with Crippen LogP contribution in [0.25, 0.3) is 0 Å². The first-order chi connectivity index (χ1) is 13.1. The van der Waals surface area contributed by atoms with Crippen molar-refractivity contribution in [2.75, 3.05) is 31.1 Å². The molecule has 0 N–H and O–H groups in total. The van der Waals surface area contributed by atoms with Crippen molar-refractivity contribution < 1.29 is 30.0 Å². The van der Waals surface area contributed by atoms with Crippen LogP contribution in [-0.2, 0) is 19.9 Å². The summed E-state index contributed by atoms with van der Waals surface area (Å²) in [5, 5.41) is 0. The number of benzene rings is 2. The summed E-state index contributed by atoms with van der Waals surface area (Å²) in [5.74, 6) is -4.23. The molecule has 0 radical (unpaired) electrons. The predicted molar refractivity (Wildman–Crippen MR) is 97.0 cm³/mol. The van der Waals surface area contributed by atoms with Gasteiger partial charge in [-0.05, 0) is 30.3 Å². The Kier molecular flexibility index (Phi) is 5.69. The van der Waals surface area contributed by atoms with Crippen molar-refractivity contribution in [3.05, 3.63) is 54.3 Å². The number of hydrogen-bond donors (Lipinski definition) is 0. The maximum atomic E-state index is 13.4. The fourth-order valence-corrected chi connectivity index (χ4v) is 5.40. The molecule has 2 aromatic rings. The van der Waals surface area contributed by atoms with Crippen molar-refractivity contribution in [1.29, 1.82) is 0 Å². The molecule has 1 aliphatic heterocycles. The molecule has 6 nitrogen and oxygen atoms in total. The molecule has 0 spiro atoms. The SMILES string of the molecule is O=S(=O)(c1ccccc1N1CCN(S(=O)(=O)c2cccc(F)c2)CC1)C(F)F. The Labute approximate surface area is 161 Å². The highest BCUT2D eigenvalue weighted by Crippen LogP contribution is 2.30. The van der Waals surface area contributed by atoms with Crippen LogP contribution < -0.4 is 4.90 Å². The number of sulfone groups is 1. The highest BCUT2D eigenvalue weighted by molar-refractivity contribution is 7.91. The fourth-order valence-electron chi connectivity index (χ4n) is 3.00. The molecule has 28 heavy (non-hydrogen) atoms. The van der Waals surface area contributed by atoms with Gasteiger partial charge in [-0.2, -0.15) is 13.1 Å². The number of anilines is 1. The van der Waals surface area contributed by atoms with Crippen molar-refractivity contribution >= 4 is 25.5 Å². The van der Waals surface area contributed by atoms with E-state index in [1.807, 2.05) is 0 Å². The van der Waals surface area contributed by atoms with Gasteiger partial charge in [0.25, 0.3) is 0 Å². The van der Waals surface area contributed by atoms with E-state index < -0.39 is 36.3 Å². The number of piperazine rings is 1. The molecule has 1 aliphatic rings. The number of halogens is 3. The van der Waals surface area contributed by atoms with Crippen LogP contribution in [0.2, 0.25) is 0 Å². The molecule has 152 valence electrons. The van der Waals surface area contributed by atoms with E-state index in [0.29, 0.717) is 0 Å². The molecular formula is C17H17F3N2O4S2. The molecule has 0 saturated carbocycles.